The summed E-state index contributed by atoms with van der Waals surface area (Å²) in [6, 6.07) is 0. The summed E-state index contributed by atoms with van der Waals surface area (Å²) in [5.74, 6) is 0. The van der Waals surface area contributed by atoms with Crippen molar-refractivity contribution in [1.82, 2.24) is 21.3 Å². The van der Waals surface area contributed by atoms with E-state index < -0.39 is 0 Å². The summed E-state index contributed by atoms with van der Waals surface area (Å²) in [5, 5.41) is 13.5. The van der Waals surface area contributed by atoms with Crippen LogP contribution in [0.5, 0.6) is 0 Å². The molecule has 0 aliphatic heterocycles. The van der Waals surface area contributed by atoms with Crippen molar-refractivity contribution in [1.29, 1.82) is 0 Å². The third-order valence-electron chi connectivity index (χ3n) is 3.44. The Kier molecular flexibility index (Phi) is 52.8. The van der Waals surface area contributed by atoms with Gasteiger partial charge in [0.25, 0.3) is 0 Å². The van der Waals surface area contributed by atoms with Crippen LogP contribution in [0.2, 0.25) is 0 Å². The maximum Gasteiger partial charge on any atom is 1.00 e. The molecule has 0 atom stereocenters. The van der Waals surface area contributed by atoms with Crippen molar-refractivity contribution in [3.8, 4) is 0 Å². The average molecular weight is 432 g/mol. The molecule has 0 radical (unpaired) electrons. The van der Waals surface area contributed by atoms with Gasteiger partial charge in [0.15, 0.2) is 0 Å². The first-order valence-electron chi connectivity index (χ1n) is 8.68. The van der Waals surface area contributed by atoms with E-state index in [0.717, 1.165) is 32.7 Å². The molecule has 0 aromatic carbocycles. The lowest BCUT2D eigenvalue weighted by Crippen LogP contribution is -3.00. The highest BCUT2D eigenvalue weighted by atomic mass is 35.5. The van der Waals surface area contributed by atoms with E-state index in [2.05, 4.69) is 28.2 Å². The predicted octanol–water partition coefficient (Wildman–Crippen LogP) is -9.81. The van der Waals surface area contributed by atoms with Gasteiger partial charge in [0.1, 0.15) is 0 Å². The van der Waals surface area contributed by atoms with Gasteiger partial charge in [-0.15, -0.1) is 0 Å². The molecule has 0 aliphatic carbocycles. The number of unbranched alkanes of at least 4 members (excludes halogenated alkanes) is 4. The minimum absolute atomic E-state index is 0. The van der Waals surface area contributed by atoms with E-state index in [1.807, 2.05) is 7.05 Å². The zero-order chi connectivity index (χ0) is 14.7. The van der Waals surface area contributed by atoms with Gasteiger partial charge < -0.3 is 70.9 Å². The standard InChI is InChI=1S/C16H38N4.4ClH/c1-3-18-14-10-16-20-13-8-6-4-5-7-12-19-15-9-11-17-2;;;;/h17-20H,3-16H2,1-2H3;4*1H. The van der Waals surface area contributed by atoms with Crippen LogP contribution in [0.4, 0.5) is 0 Å². The molecule has 154 valence electrons. The number of nitrogens with one attached hydrogen (secondary N) is 4. The van der Waals surface area contributed by atoms with Crippen molar-refractivity contribution >= 4 is 0 Å². The number of hydrogen-bond donors (Lipinski definition) is 4. The molecule has 4 nitrogen and oxygen atoms in total. The summed E-state index contributed by atoms with van der Waals surface area (Å²) in [7, 11) is 2.01. The highest BCUT2D eigenvalue weighted by Crippen LogP contribution is 2.01. The Morgan fingerprint density at radius 1 is 0.500 bits per heavy atom. The van der Waals surface area contributed by atoms with Crippen LogP contribution >= 0.6 is 0 Å². The van der Waals surface area contributed by atoms with Gasteiger partial charge in [-0.25, -0.2) is 0 Å². The smallest absolute Gasteiger partial charge is 1.00 e. The first-order chi connectivity index (χ1) is 9.91. The molecule has 0 rings (SSSR count). The number of halogens is 4. The molecular weight excluding hydrogens is 390 g/mol. The van der Waals surface area contributed by atoms with E-state index >= 15 is 0 Å². The Labute approximate surface area is 181 Å². The molecule has 4 N–H and O–H groups in total. The first-order valence-corrected chi connectivity index (χ1v) is 8.68. The average Bonchev–Trinajstić information content (AvgIpc) is 2.47. The summed E-state index contributed by atoms with van der Waals surface area (Å²) < 4.78 is 0. The number of rotatable bonds is 17. The van der Waals surface area contributed by atoms with Gasteiger partial charge in [-0.05, 0) is 78.5 Å². The van der Waals surface area contributed by atoms with Gasteiger partial charge in [0.2, 0.25) is 0 Å². The second-order valence-corrected chi connectivity index (χ2v) is 5.43. The fourth-order valence-electron chi connectivity index (χ4n) is 2.19. The Morgan fingerprint density at radius 2 is 0.875 bits per heavy atom. The molecule has 0 heterocycles. The molecule has 0 saturated carbocycles. The fraction of sp³-hybridized carbons (Fsp3) is 1.00. The quantitative estimate of drug-likeness (QED) is 0.173. The third kappa shape index (κ3) is 34.4. The second kappa shape index (κ2) is 35.2. The van der Waals surface area contributed by atoms with Crippen LogP contribution in [0.25, 0.3) is 0 Å². The van der Waals surface area contributed by atoms with E-state index in [4.69, 9.17) is 0 Å². The summed E-state index contributed by atoms with van der Waals surface area (Å²) in [6.07, 6.45) is 9.27. The van der Waals surface area contributed by atoms with E-state index in [9.17, 15) is 0 Å². The number of hydrogen-bond acceptors (Lipinski definition) is 4. The van der Waals surface area contributed by atoms with Crippen LogP contribution in [-0.4, -0.2) is 52.9 Å². The van der Waals surface area contributed by atoms with Crippen molar-refractivity contribution in [3.63, 3.8) is 0 Å². The van der Waals surface area contributed by atoms with Crippen molar-refractivity contribution in [2.45, 2.75) is 51.9 Å². The molecule has 0 unspecified atom stereocenters. The lowest BCUT2D eigenvalue weighted by atomic mass is 10.1. The highest BCUT2D eigenvalue weighted by molar-refractivity contribution is 4.53. The van der Waals surface area contributed by atoms with Crippen molar-refractivity contribution in [2.24, 2.45) is 0 Å². The minimum atomic E-state index is 0. The van der Waals surface area contributed by atoms with Crippen LogP contribution in [-0.2, 0) is 0 Å². The van der Waals surface area contributed by atoms with Crippen LogP contribution in [0, 0.1) is 0 Å². The molecule has 0 saturated heterocycles. The predicted molar refractivity (Wildman–Crippen MR) is 95.0 cm³/mol. The molecule has 0 bridgehead atoms. The Morgan fingerprint density at radius 3 is 1.33 bits per heavy atom. The summed E-state index contributed by atoms with van der Waals surface area (Å²) >= 11 is 0. The largest absolute Gasteiger partial charge is 1.00 e. The zero-order valence-electron chi connectivity index (χ0n) is 19.4. The van der Waals surface area contributed by atoms with Crippen LogP contribution in [0.1, 0.15) is 57.6 Å². The molecule has 8 heteroatoms. The third-order valence-corrected chi connectivity index (χ3v) is 3.44. The summed E-state index contributed by atoms with van der Waals surface area (Å²) in [6.45, 7) is 10.2. The highest BCUT2D eigenvalue weighted by Gasteiger charge is 1.92. The Bertz CT molecular complexity index is 179. The maximum atomic E-state index is 3.52. The molecule has 0 aliphatic rings. The molecule has 0 aromatic heterocycles. The van der Waals surface area contributed by atoms with Gasteiger partial charge in [0.05, 0.1) is 0 Å². The SMILES string of the molecule is CCNCCCNCCCCCCCNCCCNC.[Cl-].[Cl-].[Cl-].[Cl-].[H+].[H+].[H+].[H+]. The summed E-state index contributed by atoms with van der Waals surface area (Å²) in [4.78, 5) is 0. The van der Waals surface area contributed by atoms with Gasteiger partial charge >= 0.3 is 5.71 Å². The van der Waals surface area contributed by atoms with E-state index in [1.54, 1.807) is 0 Å². The van der Waals surface area contributed by atoms with E-state index in [1.165, 1.54) is 58.0 Å². The van der Waals surface area contributed by atoms with E-state index in [-0.39, 0.29) is 55.3 Å². The van der Waals surface area contributed by atoms with Gasteiger partial charge in [-0.2, -0.15) is 0 Å². The lowest BCUT2D eigenvalue weighted by molar-refractivity contribution is -0.00100. The molecular formula is C16H42Cl4N4. The maximum absolute atomic E-state index is 3.52. The monoisotopic (exact) mass is 430 g/mol. The molecule has 24 heavy (non-hydrogen) atoms. The van der Waals surface area contributed by atoms with Crippen LogP contribution in [0.3, 0.4) is 0 Å². The van der Waals surface area contributed by atoms with Gasteiger partial charge in [-0.1, -0.05) is 26.2 Å². The Hall–Kier alpha value is 1.00. The van der Waals surface area contributed by atoms with E-state index in [0.29, 0.717) is 0 Å². The molecule has 0 aromatic rings. The van der Waals surface area contributed by atoms with Crippen molar-refractivity contribution < 1.29 is 55.3 Å². The fourth-order valence-corrected chi connectivity index (χ4v) is 2.19. The summed E-state index contributed by atoms with van der Waals surface area (Å²) in [5.41, 5.74) is 0. The molecule has 0 fully saturated rings. The van der Waals surface area contributed by atoms with Crippen molar-refractivity contribution in [2.75, 3.05) is 52.9 Å². The second-order valence-electron chi connectivity index (χ2n) is 5.43. The lowest BCUT2D eigenvalue weighted by Gasteiger charge is -2.06. The minimum Gasteiger partial charge on any atom is -1.00 e. The van der Waals surface area contributed by atoms with Crippen LogP contribution < -0.4 is 70.9 Å². The Balaban J connectivity index is -0.0000000645. The van der Waals surface area contributed by atoms with Gasteiger partial charge in [0, 0.05) is 0 Å². The molecule has 0 spiro atoms. The first kappa shape index (κ1) is 36.0. The molecule has 0 amide bonds. The normalized spacial score (nSPS) is 9.25. The van der Waals surface area contributed by atoms with Crippen molar-refractivity contribution in [3.05, 3.63) is 0 Å². The topological polar surface area (TPSA) is 48.1 Å². The van der Waals surface area contributed by atoms with Crippen LogP contribution in [0.15, 0.2) is 0 Å². The van der Waals surface area contributed by atoms with Gasteiger partial charge in [-0.3, -0.25) is 0 Å². The zero-order valence-corrected chi connectivity index (χ0v) is 18.4.